The van der Waals surface area contributed by atoms with Gasteiger partial charge in [0.25, 0.3) is 0 Å². The SMILES string of the molecule is CCCc1nc(CN2CCCC2CC(C)=O)no1. The van der Waals surface area contributed by atoms with E-state index in [1.807, 2.05) is 0 Å². The van der Waals surface area contributed by atoms with E-state index in [0.29, 0.717) is 19.0 Å². The maximum absolute atomic E-state index is 11.2. The fourth-order valence-electron chi connectivity index (χ4n) is 2.52. The zero-order chi connectivity index (χ0) is 13.0. The minimum Gasteiger partial charge on any atom is -0.339 e. The van der Waals surface area contributed by atoms with Crippen LogP contribution < -0.4 is 0 Å². The van der Waals surface area contributed by atoms with Gasteiger partial charge in [0, 0.05) is 18.9 Å². The van der Waals surface area contributed by atoms with E-state index in [9.17, 15) is 4.79 Å². The smallest absolute Gasteiger partial charge is 0.226 e. The van der Waals surface area contributed by atoms with Crippen molar-refractivity contribution in [2.75, 3.05) is 6.54 Å². The fourth-order valence-corrected chi connectivity index (χ4v) is 2.52. The van der Waals surface area contributed by atoms with E-state index in [-0.39, 0.29) is 5.78 Å². The highest BCUT2D eigenvalue weighted by molar-refractivity contribution is 5.76. The predicted octanol–water partition coefficient (Wildman–Crippen LogP) is 1.97. The van der Waals surface area contributed by atoms with Crippen molar-refractivity contribution >= 4 is 5.78 Å². The lowest BCUT2D eigenvalue weighted by Crippen LogP contribution is -2.30. The number of ketones is 1. The maximum Gasteiger partial charge on any atom is 0.226 e. The average molecular weight is 251 g/mol. The average Bonchev–Trinajstić information content (AvgIpc) is 2.90. The van der Waals surface area contributed by atoms with Crippen molar-refractivity contribution in [2.45, 2.75) is 58.5 Å². The van der Waals surface area contributed by atoms with Crippen LogP contribution in [0.4, 0.5) is 0 Å². The van der Waals surface area contributed by atoms with Gasteiger partial charge in [-0.05, 0) is 32.7 Å². The summed E-state index contributed by atoms with van der Waals surface area (Å²) in [4.78, 5) is 17.9. The first-order valence-corrected chi connectivity index (χ1v) is 6.74. The number of Topliss-reactive ketones (excluding diaryl/α,β-unsaturated/α-hetero) is 1. The molecule has 0 N–H and O–H groups in total. The minimum absolute atomic E-state index is 0.256. The van der Waals surface area contributed by atoms with Crippen molar-refractivity contribution in [1.29, 1.82) is 0 Å². The first-order valence-electron chi connectivity index (χ1n) is 6.74. The molecule has 1 aromatic rings. The van der Waals surface area contributed by atoms with Crippen LogP contribution in [0.1, 0.15) is 51.2 Å². The van der Waals surface area contributed by atoms with E-state index in [2.05, 4.69) is 22.0 Å². The van der Waals surface area contributed by atoms with Gasteiger partial charge < -0.3 is 4.52 Å². The fraction of sp³-hybridized carbons (Fsp3) is 0.769. The van der Waals surface area contributed by atoms with Crippen molar-refractivity contribution < 1.29 is 9.32 Å². The number of carbonyl (C=O) groups is 1. The van der Waals surface area contributed by atoms with Gasteiger partial charge >= 0.3 is 0 Å². The Hall–Kier alpha value is -1.23. The van der Waals surface area contributed by atoms with Crippen molar-refractivity contribution in [2.24, 2.45) is 0 Å². The molecule has 0 amide bonds. The van der Waals surface area contributed by atoms with Crippen LogP contribution in [0.3, 0.4) is 0 Å². The normalized spacial score (nSPS) is 20.4. The zero-order valence-corrected chi connectivity index (χ0v) is 11.2. The van der Waals surface area contributed by atoms with E-state index in [4.69, 9.17) is 4.52 Å². The third kappa shape index (κ3) is 3.38. The number of likely N-dealkylation sites (tertiary alicyclic amines) is 1. The topological polar surface area (TPSA) is 59.2 Å². The van der Waals surface area contributed by atoms with Crippen LogP contribution in [-0.2, 0) is 17.8 Å². The van der Waals surface area contributed by atoms with Crippen LogP contribution >= 0.6 is 0 Å². The quantitative estimate of drug-likeness (QED) is 0.773. The van der Waals surface area contributed by atoms with Crippen LogP contribution in [-0.4, -0.2) is 33.4 Å². The predicted molar refractivity (Wildman–Crippen MR) is 67.0 cm³/mol. The number of nitrogens with zero attached hydrogens (tertiary/aromatic N) is 3. The van der Waals surface area contributed by atoms with Crippen molar-refractivity contribution in [3.8, 4) is 0 Å². The van der Waals surface area contributed by atoms with Crippen LogP contribution in [0.5, 0.6) is 0 Å². The molecule has 0 spiro atoms. The maximum atomic E-state index is 11.2. The van der Waals surface area contributed by atoms with Crippen LogP contribution in [0.15, 0.2) is 4.52 Å². The first kappa shape index (κ1) is 13.2. The Morgan fingerprint density at radius 3 is 3.11 bits per heavy atom. The number of hydrogen-bond acceptors (Lipinski definition) is 5. The first-order chi connectivity index (χ1) is 8.69. The highest BCUT2D eigenvalue weighted by atomic mass is 16.5. The number of hydrogen-bond donors (Lipinski definition) is 0. The van der Waals surface area contributed by atoms with Gasteiger partial charge in [-0.15, -0.1) is 0 Å². The zero-order valence-electron chi connectivity index (χ0n) is 11.2. The standard InChI is InChI=1S/C13H21N3O2/c1-3-5-13-14-12(15-18-13)9-16-7-4-6-11(16)8-10(2)17/h11H,3-9H2,1-2H3. The van der Waals surface area contributed by atoms with Crippen LogP contribution in [0.25, 0.3) is 0 Å². The largest absolute Gasteiger partial charge is 0.339 e. The second kappa shape index (κ2) is 6.09. The monoisotopic (exact) mass is 251 g/mol. The van der Waals surface area contributed by atoms with Gasteiger partial charge in [0.2, 0.25) is 5.89 Å². The lowest BCUT2D eigenvalue weighted by atomic mass is 10.1. The molecule has 0 aliphatic carbocycles. The Labute approximate surface area is 108 Å². The van der Waals surface area contributed by atoms with Gasteiger partial charge in [-0.3, -0.25) is 9.69 Å². The van der Waals surface area contributed by atoms with Crippen LogP contribution in [0, 0.1) is 0 Å². The van der Waals surface area contributed by atoms with Crippen molar-refractivity contribution in [1.82, 2.24) is 15.0 Å². The summed E-state index contributed by atoms with van der Waals surface area (Å²) in [7, 11) is 0. The summed E-state index contributed by atoms with van der Waals surface area (Å²) in [6, 6.07) is 0.357. The summed E-state index contributed by atoms with van der Waals surface area (Å²) in [6.45, 7) is 5.47. The molecule has 1 atom stereocenters. The Kier molecular flexibility index (Phi) is 4.47. The molecule has 18 heavy (non-hydrogen) atoms. The molecule has 1 aliphatic heterocycles. The van der Waals surface area contributed by atoms with E-state index in [0.717, 1.165) is 43.9 Å². The molecule has 1 unspecified atom stereocenters. The number of carbonyl (C=O) groups excluding carboxylic acids is 1. The third-order valence-electron chi connectivity index (χ3n) is 3.34. The van der Waals surface area contributed by atoms with Gasteiger partial charge in [-0.25, -0.2) is 0 Å². The summed E-state index contributed by atoms with van der Waals surface area (Å²) in [5.41, 5.74) is 0. The summed E-state index contributed by atoms with van der Waals surface area (Å²) < 4.78 is 5.18. The molecule has 100 valence electrons. The molecule has 1 aromatic heterocycles. The van der Waals surface area contributed by atoms with E-state index < -0.39 is 0 Å². The molecule has 2 rings (SSSR count). The highest BCUT2D eigenvalue weighted by Gasteiger charge is 2.26. The number of aryl methyl sites for hydroxylation is 1. The Balaban J connectivity index is 1.92. The molecule has 0 bridgehead atoms. The Morgan fingerprint density at radius 2 is 2.39 bits per heavy atom. The lowest BCUT2D eigenvalue weighted by molar-refractivity contribution is -0.118. The highest BCUT2D eigenvalue weighted by Crippen LogP contribution is 2.22. The summed E-state index contributed by atoms with van der Waals surface area (Å²) >= 11 is 0. The molecule has 0 saturated carbocycles. The number of rotatable bonds is 6. The van der Waals surface area contributed by atoms with E-state index in [1.165, 1.54) is 0 Å². The van der Waals surface area contributed by atoms with E-state index >= 15 is 0 Å². The van der Waals surface area contributed by atoms with Crippen molar-refractivity contribution in [3.63, 3.8) is 0 Å². The molecule has 2 heterocycles. The van der Waals surface area contributed by atoms with Gasteiger partial charge in [0.05, 0.1) is 6.54 Å². The van der Waals surface area contributed by atoms with Gasteiger partial charge in [0.15, 0.2) is 5.82 Å². The van der Waals surface area contributed by atoms with Gasteiger partial charge in [-0.1, -0.05) is 12.1 Å². The Morgan fingerprint density at radius 1 is 1.56 bits per heavy atom. The number of aromatic nitrogens is 2. The second-order valence-corrected chi connectivity index (χ2v) is 5.03. The summed E-state index contributed by atoms with van der Waals surface area (Å²) in [6.07, 6.45) is 4.73. The molecule has 5 heteroatoms. The van der Waals surface area contributed by atoms with Crippen molar-refractivity contribution in [3.05, 3.63) is 11.7 Å². The summed E-state index contributed by atoms with van der Waals surface area (Å²) in [5.74, 6) is 1.72. The summed E-state index contributed by atoms with van der Waals surface area (Å²) in [5, 5.41) is 4.00. The molecular formula is C13H21N3O2. The van der Waals surface area contributed by atoms with Crippen LogP contribution in [0.2, 0.25) is 0 Å². The van der Waals surface area contributed by atoms with Gasteiger partial charge in [0.1, 0.15) is 5.78 Å². The molecule has 1 aliphatic rings. The Bertz CT molecular complexity index is 403. The third-order valence-corrected chi connectivity index (χ3v) is 3.34. The lowest BCUT2D eigenvalue weighted by Gasteiger charge is -2.21. The minimum atomic E-state index is 0.256. The van der Waals surface area contributed by atoms with Gasteiger partial charge in [-0.2, -0.15) is 4.98 Å². The second-order valence-electron chi connectivity index (χ2n) is 5.03. The molecule has 1 saturated heterocycles. The molecule has 0 aromatic carbocycles. The van der Waals surface area contributed by atoms with E-state index in [1.54, 1.807) is 6.92 Å². The molecule has 1 fully saturated rings. The molecular weight excluding hydrogens is 230 g/mol. The molecule has 0 radical (unpaired) electrons. The molecule has 5 nitrogen and oxygen atoms in total.